The van der Waals surface area contributed by atoms with Gasteiger partial charge in [0.1, 0.15) is 17.0 Å². The Morgan fingerprint density at radius 1 is 1.20 bits per heavy atom. The molecule has 232 valence electrons. The Morgan fingerprint density at radius 2 is 2.04 bits per heavy atom. The van der Waals surface area contributed by atoms with E-state index in [9.17, 15) is 10.1 Å². The predicted molar refractivity (Wildman–Crippen MR) is 168 cm³/mol. The van der Waals surface area contributed by atoms with Gasteiger partial charge in [0.05, 0.1) is 30.5 Å². The Bertz CT molecular complexity index is 1730. The third-order valence-corrected chi connectivity index (χ3v) is 10.7. The van der Waals surface area contributed by atoms with Gasteiger partial charge in [-0.15, -0.1) is 0 Å². The van der Waals surface area contributed by atoms with Gasteiger partial charge in [-0.3, -0.25) is 9.78 Å². The largest absolute Gasteiger partial charge is 0.463 e. The monoisotopic (exact) mass is 607 g/mol. The van der Waals surface area contributed by atoms with E-state index in [1.807, 2.05) is 17.0 Å². The number of benzene rings is 1. The number of anilines is 1. The van der Waals surface area contributed by atoms with Gasteiger partial charge in [-0.2, -0.15) is 15.2 Å². The molecule has 3 aliphatic carbocycles. The molecular weight excluding hydrogens is 569 g/mol. The maximum atomic E-state index is 16.7. The maximum absolute atomic E-state index is 16.7. The maximum Gasteiger partial charge on any atom is 0.319 e. The summed E-state index contributed by atoms with van der Waals surface area (Å²) in [4.78, 5) is 33.0. The highest BCUT2D eigenvalue weighted by Crippen LogP contribution is 2.58. The molecule has 10 heteroatoms. The number of hydrogen-bond donors (Lipinski definition) is 0. The first-order valence-electron chi connectivity index (χ1n) is 16.4. The lowest BCUT2D eigenvalue weighted by Gasteiger charge is -2.41. The van der Waals surface area contributed by atoms with Crippen molar-refractivity contribution in [2.75, 3.05) is 50.8 Å². The average molecular weight is 608 g/mol. The number of amides is 1. The number of carbonyl (C=O) groups excluding carboxylic acids is 1. The fraction of sp³-hybridized carbons (Fsp3) is 0.514. The fourth-order valence-electron chi connectivity index (χ4n) is 7.93. The first kappa shape index (κ1) is 28.4. The van der Waals surface area contributed by atoms with Crippen molar-refractivity contribution in [2.45, 2.75) is 56.9 Å². The molecule has 5 aliphatic rings. The normalized spacial score (nSPS) is 24.7. The molecule has 3 aromatic rings. The van der Waals surface area contributed by atoms with E-state index in [4.69, 9.17) is 9.72 Å². The van der Waals surface area contributed by atoms with E-state index in [0.717, 1.165) is 44.5 Å². The van der Waals surface area contributed by atoms with Gasteiger partial charge < -0.3 is 19.4 Å². The van der Waals surface area contributed by atoms with Gasteiger partial charge in [0.15, 0.2) is 5.82 Å². The minimum absolute atomic E-state index is 0.0881. The van der Waals surface area contributed by atoms with Gasteiger partial charge in [0.25, 0.3) is 0 Å². The number of likely N-dealkylation sites (tertiary alicyclic amines) is 1. The van der Waals surface area contributed by atoms with Gasteiger partial charge in [0, 0.05) is 43.4 Å². The van der Waals surface area contributed by atoms with Crippen molar-refractivity contribution in [1.82, 2.24) is 24.8 Å². The Balaban J connectivity index is 1.17. The zero-order valence-corrected chi connectivity index (χ0v) is 25.6. The molecule has 0 bridgehead atoms. The van der Waals surface area contributed by atoms with Crippen molar-refractivity contribution >= 4 is 22.6 Å². The molecule has 1 aromatic carbocycles. The SMILES string of the molecule is C=CC(=O)N1CCN(c2nc(OCC3(CN4CCCC4)CC3)nc3c(F)c(-c4cccc5c4CC4CC54)ncc23)C[C@@H]1CC#N. The number of piperazine rings is 1. The molecule has 2 saturated heterocycles. The van der Waals surface area contributed by atoms with Crippen LogP contribution < -0.4 is 9.64 Å². The lowest BCUT2D eigenvalue weighted by atomic mass is 9.96. The lowest BCUT2D eigenvalue weighted by molar-refractivity contribution is -0.128. The zero-order valence-electron chi connectivity index (χ0n) is 25.6. The Labute approximate surface area is 262 Å². The number of nitrogens with zero attached hydrogens (tertiary/aromatic N) is 7. The molecule has 2 aromatic heterocycles. The van der Waals surface area contributed by atoms with Crippen LogP contribution in [0.2, 0.25) is 0 Å². The number of ether oxygens (including phenoxy) is 1. The third-order valence-electron chi connectivity index (χ3n) is 10.7. The molecule has 8 rings (SSSR count). The second-order valence-electron chi connectivity index (χ2n) is 13.7. The number of carbonyl (C=O) groups is 1. The quantitative estimate of drug-likeness (QED) is 0.318. The minimum Gasteiger partial charge on any atom is -0.463 e. The molecule has 0 spiro atoms. The van der Waals surface area contributed by atoms with Crippen LogP contribution in [0.3, 0.4) is 0 Å². The highest BCUT2D eigenvalue weighted by atomic mass is 19.1. The number of halogens is 1. The van der Waals surface area contributed by atoms with Crippen molar-refractivity contribution in [2.24, 2.45) is 11.3 Å². The van der Waals surface area contributed by atoms with Crippen LogP contribution in [0, 0.1) is 28.5 Å². The van der Waals surface area contributed by atoms with Gasteiger partial charge >= 0.3 is 6.01 Å². The summed E-state index contributed by atoms with van der Waals surface area (Å²) in [5.41, 5.74) is 3.96. The molecule has 45 heavy (non-hydrogen) atoms. The third kappa shape index (κ3) is 5.11. The standard InChI is InChI=1S/C35H38FN7O2/c1-2-29(44)43-15-14-42(19-23(43)8-11-37)33-28-18-38-31(25-7-5-6-24-26-16-22(26)17-27(24)25)30(36)32(28)39-34(40-33)45-21-35(9-10-35)20-41-12-3-4-13-41/h2,5-7,18,22-23,26H,1,3-4,8-10,12-17,19-21H2/t22?,23-,26?/m0/s1. The van der Waals surface area contributed by atoms with E-state index in [0.29, 0.717) is 55.0 Å². The van der Waals surface area contributed by atoms with E-state index in [-0.39, 0.29) is 35.3 Å². The van der Waals surface area contributed by atoms with Crippen LogP contribution >= 0.6 is 0 Å². The minimum atomic E-state index is -0.470. The summed E-state index contributed by atoms with van der Waals surface area (Å²) in [6.07, 6.45) is 10.0. The summed E-state index contributed by atoms with van der Waals surface area (Å²) in [7, 11) is 0. The van der Waals surface area contributed by atoms with Crippen molar-refractivity contribution in [3.8, 4) is 23.3 Å². The molecule has 0 N–H and O–H groups in total. The topological polar surface area (TPSA) is 98.5 Å². The first-order chi connectivity index (χ1) is 22.0. The molecule has 9 nitrogen and oxygen atoms in total. The van der Waals surface area contributed by atoms with E-state index in [1.54, 1.807) is 11.1 Å². The molecule has 3 atom stereocenters. The van der Waals surface area contributed by atoms with Crippen molar-refractivity contribution in [1.29, 1.82) is 5.26 Å². The Hall–Kier alpha value is -4.10. The Morgan fingerprint density at radius 3 is 2.82 bits per heavy atom. The molecule has 0 radical (unpaired) electrons. The van der Waals surface area contributed by atoms with Crippen LogP contribution in [-0.2, 0) is 11.2 Å². The number of pyridine rings is 1. The summed E-state index contributed by atoms with van der Waals surface area (Å²) in [6, 6.07) is 8.17. The van der Waals surface area contributed by atoms with Crippen LogP contribution in [0.15, 0.2) is 37.1 Å². The van der Waals surface area contributed by atoms with Gasteiger partial charge in [-0.25, -0.2) is 4.39 Å². The van der Waals surface area contributed by atoms with Gasteiger partial charge in [-0.05, 0) is 80.7 Å². The van der Waals surface area contributed by atoms with Crippen molar-refractivity contribution < 1.29 is 13.9 Å². The molecular formula is C35H38FN7O2. The van der Waals surface area contributed by atoms with Crippen molar-refractivity contribution in [3.63, 3.8) is 0 Å². The first-order valence-corrected chi connectivity index (χ1v) is 16.4. The van der Waals surface area contributed by atoms with E-state index in [1.165, 1.54) is 36.5 Å². The van der Waals surface area contributed by atoms with Crippen molar-refractivity contribution in [3.05, 3.63) is 54.0 Å². The van der Waals surface area contributed by atoms with Crippen LogP contribution in [0.4, 0.5) is 10.2 Å². The zero-order chi connectivity index (χ0) is 30.7. The van der Waals surface area contributed by atoms with Gasteiger partial charge in [-0.1, -0.05) is 24.8 Å². The number of rotatable bonds is 9. The lowest BCUT2D eigenvalue weighted by Crippen LogP contribution is -2.55. The summed E-state index contributed by atoms with van der Waals surface area (Å²) in [6.45, 7) is 8.62. The second-order valence-corrected chi connectivity index (χ2v) is 13.7. The smallest absolute Gasteiger partial charge is 0.319 e. The molecule has 2 saturated carbocycles. The molecule has 4 fully saturated rings. The van der Waals surface area contributed by atoms with E-state index >= 15 is 4.39 Å². The molecule has 4 heterocycles. The molecule has 2 aliphatic heterocycles. The summed E-state index contributed by atoms with van der Waals surface area (Å²) in [5, 5.41) is 10.0. The fourth-order valence-corrected chi connectivity index (χ4v) is 7.93. The second kappa shape index (κ2) is 11.1. The summed E-state index contributed by atoms with van der Waals surface area (Å²) in [5.74, 6) is 1.11. The van der Waals surface area contributed by atoms with E-state index < -0.39 is 5.82 Å². The predicted octanol–water partition coefficient (Wildman–Crippen LogP) is 4.86. The van der Waals surface area contributed by atoms with Crippen LogP contribution in [-0.4, -0.2) is 82.6 Å². The highest BCUT2D eigenvalue weighted by Gasteiger charge is 2.47. The molecule has 1 amide bonds. The summed E-state index contributed by atoms with van der Waals surface area (Å²) < 4.78 is 23.0. The van der Waals surface area contributed by atoms with Crippen LogP contribution in [0.25, 0.3) is 22.2 Å². The summed E-state index contributed by atoms with van der Waals surface area (Å²) >= 11 is 0. The highest BCUT2D eigenvalue weighted by molar-refractivity contribution is 5.93. The average Bonchev–Trinajstić information content (AvgIpc) is 3.91. The van der Waals surface area contributed by atoms with Crippen LogP contribution in [0.1, 0.15) is 55.6 Å². The molecule has 2 unspecified atom stereocenters. The number of fused-ring (bicyclic) bond motifs is 4. The number of nitriles is 1. The van der Waals surface area contributed by atoms with E-state index in [2.05, 4.69) is 33.6 Å². The number of hydrogen-bond acceptors (Lipinski definition) is 8. The number of aromatic nitrogens is 3. The van der Waals surface area contributed by atoms with Gasteiger partial charge in [0.2, 0.25) is 5.91 Å². The Kier molecular flexibility index (Phi) is 6.97. The van der Waals surface area contributed by atoms with Crippen LogP contribution in [0.5, 0.6) is 6.01 Å².